The molecule has 1 unspecified atom stereocenters. The summed E-state index contributed by atoms with van der Waals surface area (Å²) in [7, 11) is 0. The number of nitriles is 1. The maximum atomic E-state index is 13.1. The second kappa shape index (κ2) is 6.12. The third-order valence-corrected chi connectivity index (χ3v) is 2.39. The minimum atomic E-state index is -0.269. The van der Waals surface area contributed by atoms with Gasteiger partial charge in [-0.25, -0.2) is 4.39 Å². The molecule has 1 aromatic carbocycles. The van der Waals surface area contributed by atoms with Crippen molar-refractivity contribution in [2.45, 2.75) is 39.2 Å². The summed E-state index contributed by atoms with van der Waals surface area (Å²) < 4.78 is 13.1. The van der Waals surface area contributed by atoms with E-state index in [-0.39, 0.29) is 11.9 Å². The maximum absolute atomic E-state index is 13.1. The Kier molecular flexibility index (Phi) is 4.78. The summed E-state index contributed by atoms with van der Waals surface area (Å²) in [6, 6.07) is 6.69. The molecule has 1 rings (SSSR count). The van der Waals surface area contributed by atoms with Crippen molar-refractivity contribution in [1.29, 1.82) is 5.26 Å². The van der Waals surface area contributed by atoms with Crippen LogP contribution in [0.15, 0.2) is 18.2 Å². The summed E-state index contributed by atoms with van der Waals surface area (Å²) in [6.45, 7) is 3.92. The van der Waals surface area contributed by atoms with Gasteiger partial charge in [-0.05, 0) is 37.1 Å². The Morgan fingerprint density at radius 1 is 1.44 bits per heavy atom. The smallest absolute Gasteiger partial charge is 0.125 e. The van der Waals surface area contributed by atoms with Gasteiger partial charge in [-0.1, -0.05) is 19.8 Å². The first-order valence-electron chi connectivity index (χ1n) is 5.59. The number of hydrogen-bond donors (Lipinski definition) is 1. The molecule has 0 heterocycles. The molecule has 0 aromatic heterocycles. The lowest BCUT2D eigenvalue weighted by Crippen LogP contribution is -2.17. The summed E-state index contributed by atoms with van der Waals surface area (Å²) in [6.07, 6.45) is 2.85. The van der Waals surface area contributed by atoms with Gasteiger partial charge >= 0.3 is 0 Å². The van der Waals surface area contributed by atoms with Crippen LogP contribution in [-0.2, 0) is 0 Å². The largest absolute Gasteiger partial charge is 0.370 e. The first-order valence-corrected chi connectivity index (χ1v) is 5.59. The van der Waals surface area contributed by atoms with E-state index in [0.29, 0.717) is 5.69 Å². The van der Waals surface area contributed by atoms with Gasteiger partial charge in [-0.15, -0.1) is 0 Å². The lowest BCUT2D eigenvalue weighted by molar-refractivity contribution is 0.626. The van der Waals surface area contributed by atoms with Crippen LogP contribution in [0.4, 0.5) is 10.1 Å². The van der Waals surface area contributed by atoms with E-state index in [0.717, 1.165) is 24.8 Å². The van der Waals surface area contributed by atoms with E-state index in [4.69, 9.17) is 5.26 Å². The topological polar surface area (TPSA) is 35.8 Å². The lowest BCUT2D eigenvalue weighted by Gasteiger charge is -2.13. The molecule has 0 saturated carbocycles. The van der Waals surface area contributed by atoms with E-state index in [1.165, 1.54) is 12.1 Å². The highest BCUT2D eigenvalue weighted by Crippen LogP contribution is 2.15. The molecule has 0 saturated heterocycles. The van der Waals surface area contributed by atoms with Crippen LogP contribution in [-0.4, -0.2) is 6.04 Å². The van der Waals surface area contributed by atoms with Crippen LogP contribution in [0, 0.1) is 24.1 Å². The van der Waals surface area contributed by atoms with Gasteiger partial charge in [0.15, 0.2) is 0 Å². The summed E-state index contributed by atoms with van der Waals surface area (Å²) in [5.41, 5.74) is 1.54. The normalized spacial score (nSPS) is 11.9. The van der Waals surface area contributed by atoms with E-state index < -0.39 is 0 Å². The zero-order valence-electron chi connectivity index (χ0n) is 9.76. The Labute approximate surface area is 96.1 Å². The third-order valence-electron chi connectivity index (χ3n) is 2.39. The number of nitrogens with zero attached hydrogens (tertiary/aromatic N) is 1. The average Bonchev–Trinajstić information content (AvgIpc) is 2.22. The van der Waals surface area contributed by atoms with E-state index in [2.05, 4.69) is 18.3 Å². The Bertz CT molecular complexity index is 362. The van der Waals surface area contributed by atoms with Crippen molar-refractivity contribution in [1.82, 2.24) is 0 Å². The van der Waals surface area contributed by atoms with Gasteiger partial charge in [0, 0.05) is 5.69 Å². The van der Waals surface area contributed by atoms with Crippen molar-refractivity contribution in [3.63, 3.8) is 0 Å². The molecule has 1 atom stereocenters. The number of benzene rings is 1. The summed E-state index contributed by atoms with van der Waals surface area (Å²) in [5, 5.41) is 12.0. The molecular weight excluding hydrogens is 203 g/mol. The van der Waals surface area contributed by atoms with Crippen LogP contribution in [0.25, 0.3) is 0 Å². The first-order chi connectivity index (χ1) is 7.65. The van der Waals surface area contributed by atoms with Gasteiger partial charge in [-0.3, -0.25) is 0 Å². The average molecular weight is 220 g/mol. The van der Waals surface area contributed by atoms with E-state index in [9.17, 15) is 4.39 Å². The highest BCUT2D eigenvalue weighted by Gasteiger charge is 2.07. The molecule has 3 heteroatoms. The second-order valence-corrected chi connectivity index (χ2v) is 3.99. The molecule has 1 N–H and O–H groups in total. The summed E-state index contributed by atoms with van der Waals surface area (Å²) >= 11 is 0. The maximum Gasteiger partial charge on any atom is 0.125 e. The molecule has 0 fully saturated rings. The fourth-order valence-corrected chi connectivity index (χ4v) is 1.60. The zero-order valence-corrected chi connectivity index (χ0v) is 9.76. The number of nitrogens with one attached hydrogen (secondary N) is 1. The van der Waals surface area contributed by atoms with Crippen molar-refractivity contribution < 1.29 is 4.39 Å². The Hall–Kier alpha value is -1.56. The van der Waals surface area contributed by atoms with Crippen LogP contribution in [0.2, 0.25) is 0 Å². The number of rotatable bonds is 5. The van der Waals surface area contributed by atoms with Gasteiger partial charge < -0.3 is 5.32 Å². The van der Waals surface area contributed by atoms with E-state index in [1.54, 1.807) is 0 Å². The monoisotopic (exact) mass is 220 g/mol. The van der Waals surface area contributed by atoms with Crippen molar-refractivity contribution in [2.75, 3.05) is 5.32 Å². The number of halogens is 1. The fraction of sp³-hybridized carbons (Fsp3) is 0.462. The molecule has 0 aliphatic rings. The molecular formula is C13H17FN2. The van der Waals surface area contributed by atoms with Crippen LogP contribution in [0.3, 0.4) is 0 Å². The molecule has 0 amide bonds. The van der Waals surface area contributed by atoms with Gasteiger partial charge in [0.25, 0.3) is 0 Å². The molecule has 0 aliphatic heterocycles. The standard InChI is InChI=1S/C13H17FN2/c1-3-4-5-12(9-15)16-13-7-10(2)6-11(14)8-13/h6-8,12,16H,3-5H2,1-2H3. The molecule has 0 spiro atoms. The fourth-order valence-electron chi connectivity index (χ4n) is 1.60. The second-order valence-electron chi connectivity index (χ2n) is 3.99. The molecule has 16 heavy (non-hydrogen) atoms. The van der Waals surface area contributed by atoms with Crippen LogP contribution < -0.4 is 5.32 Å². The summed E-state index contributed by atoms with van der Waals surface area (Å²) in [5.74, 6) is -0.269. The predicted molar refractivity (Wildman–Crippen MR) is 63.7 cm³/mol. The lowest BCUT2D eigenvalue weighted by atomic mass is 10.1. The first kappa shape index (κ1) is 12.5. The number of aryl methyl sites for hydroxylation is 1. The number of hydrogen-bond acceptors (Lipinski definition) is 2. The van der Waals surface area contributed by atoms with Crippen LogP contribution in [0.1, 0.15) is 31.7 Å². The molecule has 0 aliphatic carbocycles. The SMILES string of the molecule is CCCCC(C#N)Nc1cc(C)cc(F)c1. The predicted octanol–water partition coefficient (Wildman–Crippen LogP) is 3.63. The van der Waals surface area contributed by atoms with Gasteiger partial charge in [0.2, 0.25) is 0 Å². The number of unbranched alkanes of at least 4 members (excludes halogenated alkanes) is 1. The third kappa shape index (κ3) is 3.90. The van der Waals surface area contributed by atoms with Gasteiger partial charge in [0.05, 0.1) is 6.07 Å². The molecule has 86 valence electrons. The zero-order chi connectivity index (χ0) is 12.0. The minimum absolute atomic E-state index is 0.235. The molecule has 0 bridgehead atoms. The van der Waals surface area contributed by atoms with Gasteiger partial charge in [-0.2, -0.15) is 5.26 Å². The highest BCUT2D eigenvalue weighted by atomic mass is 19.1. The minimum Gasteiger partial charge on any atom is -0.370 e. The Balaban J connectivity index is 2.67. The Morgan fingerprint density at radius 2 is 2.19 bits per heavy atom. The van der Waals surface area contributed by atoms with Crippen molar-refractivity contribution in [3.8, 4) is 6.07 Å². The summed E-state index contributed by atoms with van der Waals surface area (Å²) in [4.78, 5) is 0. The Morgan fingerprint density at radius 3 is 2.75 bits per heavy atom. The van der Waals surface area contributed by atoms with Crippen molar-refractivity contribution in [2.24, 2.45) is 0 Å². The van der Waals surface area contributed by atoms with Gasteiger partial charge in [0.1, 0.15) is 11.9 Å². The highest BCUT2D eigenvalue weighted by molar-refractivity contribution is 5.47. The van der Waals surface area contributed by atoms with Crippen LogP contribution in [0.5, 0.6) is 0 Å². The van der Waals surface area contributed by atoms with Crippen molar-refractivity contribution in [3.05, 3.63) is 29.6 Å². The molecule has 0 radical (unpaired) electrons. The van der Waals surface area contributed by atoms with Crippen molar-refractivity contribution >= 4 is 5.69 Å². The van der Waals surface area contributed by atoms with E-state index in [1.807, 2.05) is 13.0 Å². The van der Waals surface area contributed by atoms with E-state index >= 15 is 0 Å². The van der Waals surface area contributed by atoms with Crippen LogP contribution >= 0.6 is 0 Å². The quantitative estimate of drug-likeness (QED) is 0.822. The number of anilines is 1. The molecule has 2 nitrogen and oxygen atoms in total. The molecule has 1 aromatic rings.